The summed E-state index contributed by atoms with van der Waals surface area (Å²) in [6.45, 7) is 0.653. The van der Waals surface area contributed by atoms with Gasteiger partial charge in [-0.25, -0.2) is 9.37 Å². The van der Waals surface area contributed by atoms with E-state index in [1.807, 2.05) is 48.7 Å². The van der Waals surface area contributed by atoms with E-state index in [2.05, 4.69) is 20.6 Å². The van der Waals surface area contributed by atoms with Crippen LogP contribution in [0.4, 0.5) is 16.2 Å². The summed E-state index contributed by atoms with van der Waals surface area (Å²) in [5.74, 6) is 0.0985. The van der Waals surface area contributed by atoms with Crippen molar-refractivity contribution in [3.05, 3.63) is 83.8 Å². The zero-order chi connectivity index (χ0) is 21.5. The lowest BCUT2D eigenvalue weighted by Crippen LogP contribution is -2.01. The Hall–Kier alpha value is -4.44. The number of nitriles is 1. The van der Waals surface area contributed by atoms with E-state index in [9.17, 15) is 9.65 Å². The molecule has 0 fully saturated rings. The first-order chi connectivity index (χ1) is 15.0. The number of halogens is 1. The second-order valence-corrected chi connectivity index (χ2v) is 7.30. The lowest BCUT2D eigenvalue weighted by Gasteiger charge is -2.09. The number of nitrogens with two attached hydrogens (primary N) is 2. The molecule has 5 rings (SSSR count). The zero-order valence-electron chi connectivity index (χ0n) is 16.4. The van der Waals surface area contributed by atoms with Gasteiger partial charge in [-0.05, 0) is 47.0 Å². The molecule has 0 bridgehead atoms. The topological polar surface area (TPSA) is 107 Å². The van der Waals surface area contributed by atoms with Crippen LogP contribution in [0, 0.1) is 17.1 Å². The Kier molecular flexibility index (Phi) is 4.26. The Morgan fingerprint density at radius 1 is 0.935 bits per heavy atom. The van der Waals surface area contributed by atoms with Gasteiger partial charge in [-0.15, -0.1) is 0 Å². The van der Waals surface area contributed by atoms with E-state index >= 15 is 0 Å². The fourth-order valence-corrected chi connectivity index (χ4v) is 3.89. The van der Waals surface area contributed by atoms with Crippen LogP contribution in [0.2, 0.25) is 0 Å². The second kappa shape index (κ2) is 7.11. The van der Waals surface area contributed by atoms with Crippen molar-refractivity contribution in [2.75, 3.05) is 11.5 Å². The minimum Gasteiger partial charge on any atom is -0.383 e. The van der Waals surface area contributed by atoms with Crippen molar-refractivity contribution in [2.45, 2.75) is 6.54 Å². The molecule has 7 heteroatoms. The van der Waals surface area contributed by atoms with Gasteiger partial charge in [-0.2, -0.15) is 10.2 Å². The number of fused-ring (bicyclic) bond motifs is 3. The highest BCUT2D eigenvalue weighted by molar-refractivity contribution is 6.07. The maximum Gasteiger partial charge on any atom is 0.222 e. The third-order valence-electron chi connectivity index (χ3n) is 5.38. The van der Waals surface area contributed by atoms with E-state index in [1.54, 1.807) is 6.07 Å². The van der Waals surface area contributed by atoms with Gasteiger partial charge in [0.1, 0.15) is 11.6 Å². The van der Waals surface area contributed by atoms with Crippen LogP contribution in [-0.4, -0.2) is 14.5 Å². The Balaban J connectivity index is 1.49. The van der Waals surface area contributed by atoms with Crippen molar-refractivity contribution in [1.29, 1.82) is 5.26 Å². The van der Waals surface area contributed by atoms with Crippen molar-refractivity contribution in [3.63, 3.8) is 0 Å². The van der Waals surface area contributed by atoms with Crippen molar-refractivity contribution in [2.24, 2.45) is 0 Å². The second-order valence-electron chi connectivity index (χ2n) is 7.30. The molecule has 150 valence electrons. The first-order valence-electron chi connectivity index (χ1n) is 9.63. The monoisotopic (exact) mass is 408 g/mol. The summed E-state index contributed by atoms with van der Waals surface area (Å²) in [6, 6.07) is 20.1. The Labute approximate surface area is 177 Å². The molecule has 0 atom stereocenters. The van der Waals surface area contributed by atoms with Gasteiger partial charge in [0.05, 0.1) is 22.7 Å². The normalized spacial score (nSPS) is 11.1. The highest BCUT2D eigenvalue weighted by atomic mass is 19.1. The van der Waals surface area contributed by atoms with Crippen LogP contribution in [0.15, 0.2) is 66.9 Å². The number of anilines is 2. The van der Waals surface area contributed by atoms with Crippen LogP contribution in [-0.2, 0) is 6.54 Å². The molecule has 4 N–H and O–H groups in total. The average molecular weight is 408 g/mol. The number of nitrogens with zero attached hydrogens (tertiary/aromatic N) is 4. The van der Waals surface area contributed by atoms with Gasteiger partial charge >= 0.3 is 0 Å². The van der Waals surface area contributed by atoms with Gasteiger partial charge < -0.3 is 16.0 Å². The summed E-state index contributed by atoms with van der Waals surface area (Å²) in [5.41, 5.74) is 16.5. The average Bonchev–Trinajstić information content (AvgIpc) is 3.17. The molecule has 5 aromatic rings. The summed E-state index contributed by atoms with van der Waals surface area (Å²) in [6.07, 6.45) is 2.00. The van der Waals surface area contributed by atoms with Gasteiger partial charge in [-0.3, -0.25) is 0 Å². The van der Waals surface area contributed by atoms with E-state index in [1.165, 1.54) is 12.1 Å². The summed E-state index contributed by atoms with van der Waals surface area (Å²) in [4.78, 5) is 8.40. The molecule has 0 spiro atoms. The van der Waals surface area contributed by atoms with Crippen LogP contribution in [0.25, 0.3) is 32.9 Å². The van der Waals surface area contributed by atoms with E-state index < -0.39 is 5.82 Å². The van der Waals surface area contributed by atoms with E-state index in [0.29, 0.717) is 23.5 Å². The number of aromatic nitrogens is 3. The molecular formula is C24H17FN6. The van der Waals surface area contributed by atoms with Crippen molar-refractivity contribution in [1.82, 2.24) is 14.5 Å². The molecule has 0 unspecified atom stereocenters. The Bertz CT molecular complexity index is 1500. The van der Waals surface area contributed by atoms with Gasteiger partial charge in [-0.1, -0.05) is 30.3 Å². The minimum absolute atomic E-state index is 0.151. The Morgan fingerprint density at radius 2 is 1.74 bits per heavy atom. The molecule has 31 heavy (non-hydrogen) atoms. The van der Waals surface area contributed by atoms with Crippen LogP contribution in [0.5, 0.6) is 0 Å². The predicted molar refractivity (Wildman–Crippen MR) is 120 cm³/mol. The highest BCUT2D eigenvalue weighted by Crippen LogP contribution is 2.29. The molecule has 0 saturated carbocycles. The lowest BCUT2D eigenvalue weighted by molar-refractivity contribution is 0.627. The van der Waals surface area contributed by atoms with E-state index in [4.69, 9.17) is 11.5 Å². The van der Waals surface area contributed by atoms with Gasteiger partial charge in [0.15, 0.2) is 0 Å². The van der Waals surface area contributed by atoms with Crippen LogP contribution < -0.4 is 11.5 Å². The van der Waals surface area contributed by atoms with Crippen LogP contribution in [0.1, 0.15) is 11.1 Å². The summed E-state index contributed by atoms with van der Waals surface area (Å²) in [5, 5.41) is 11.0. The standard InChI is InChI=1S/C24H17FN6/c25-17-5-6-18(16(11-17)12-26)15-3-1-14(2-4-15)13-31-10-9-19-21(31)8-7-20-22(19)29-24(28)30-23(20)27/h1-11H,13H2,(H4,27,28,29,30). The molecule has 0 amide bonds. The van der Waals surface area contributed by atoms with Crippen LogP contribution >= 0.6 is 0 Å². The smallest absolute Gasteiger partial charge is 0.222 e. The van der Waals surface area contributed by atoms with Crippen molar-refractivity contribution in [3.8, 4) is 17.2 Å². The lowest BCUT2D eigenvalue weighted by atomic mass is 9.99. The molecule has 0 aliphatic rings. The molecular weight excluding hydrogens is 391 g/mol. The SMILES string of the molecule is N#Cc1cc(F)ccc1-c1ccc(Cn2ccc3c4nc(N)nc(N)c4ccc32)cc1. The quantitative estimate of drug-likeness (QED) is 0.458. The van der Waals surface area contributed by atoms with Crippen molar-refractivity contribution >= 4 is 33.6 Å². The largest absolute Gasteiger partial charge is 0.383 e. The predicted octanol–water partition coefficient (Wildman–Crippen LogP) is 4.47. The summed E-state index contributed by atoms with van der Waals surface area (Å²) >= 11 is 0. The molecule has 3 aromatic carbocycles. The van der Waals surface area contributed by atoms with E-state index in [0.717, 1.165) is 32.9 Å². The van der Waals surface area contributed by atoms with Crippen molar-refractivity contribution < 1.29 is 4.39 Å². The number of hydrogen-bond donors (Lipinski definition) is 2. The zero-order valence-corrected chi connectivity index (χ0v) is 16.4. The molecule has 0 aliphatic carbocycles. The number of rotatable bonds is 3. The third kappa shape index (κ3) is 3.20. The fourth-order valence-electron chi connectivity index (χ4n) is 3.89. The molecule has 0 radical (unpaired) electrons. The van der Waals surface area contributed by atoms with Gasteiger partial charge in [0, 0.05) is 23.5 Å². The Morgan fingerprint density at radius 3 is 2.52 bits per heavy atom. The summed E-state index contributed by atoms with van der Waals surface area (Å²) < 4.78 is 15.5. The highest BCUT2D eigenvalue weighted by Gasteiger charge is 2.11. The first-order valence-corrected chi connectivity index (χ1v) is 9.63. The minimum atomic E-state index is -0.419. The first kappa shape index (κ1) is 18.6. The van der Waals surface area contributed by atoms with Gasteiger partial charge in [0.25, 0.3) is 0 Å². The molecule has 6 nitrogen and oxygen atoms in total. The molecule has 2 heterocycles. The number of hydrogen-bond acceptors (Lipinski definition) is 5. The number of benzene rings is 3. The third-order valence-corrected chi connectivity index (χ3v) is 5.38. The molecule has 0 saturated heterocycles. The fraction of sp³-hybridized carbons (Fsp3) is 0.0417. The van der Waals surface area contributed by atoms with Crippen LogP contribution in [0.3, 0.4) is 0 Å². The maximum atomic E-state index is 13.4. The summed E-state index contributed by atoms with van der Waals surface area (Å²) in [7, 11) is 0. The van der Waals surface area contributed by atoms with E-state index in [-0.39, 0.29) is 5.95 Å². The number of nitrogen functional groups attached to an aromatic ring is 2. The maximum absolute atomic E-state index is 13.4. The molecule has 0 aliphatic heterocycles. The van der Waals surface area contributed by atoms with Gasteiger partial charge in [0.2, 0.25) is 5.95 Å². The molecule has 2 aromatic heterocycles.